The second-order valence-electron chi connectivity index (χ2n) is 6.58. The van der Waals surface area contributed by atoms with Gasteiger partial charge in [-0.1, -0.05) is 34.1 Å². The molecule has 3 aromatic carbocycles. The van der Waals surface area contributed by atoms with E-state index in [-0.39, 0.29) is 11.4 Å². The molecule has 1 heterocycles. The molecule has 0 radical (unpaired) electrons. The third-order valence-electron chi connectivity index (χ3n) is 4.60. The van der Waals surface area contributed by atoms with Crippen molar-refractivity contribution in [2.45, 2.75) is 0 Å². The van der Waals surface area contributed by atoms with Gasteiger partial charge >= 0.3 is 0 Å². The van der Waals surface area contributed by atoms with Gasteiger partial charge in [0.1, 0.15) is 11.4 Å². The van der Waals surface area contributed by atoms with Gasteiger partial charge in [0, 0.05) is 39.5 Å². The number of rotatable bonds is 5. The Hall–Kier alpha value is -3.91. The molecule has 4 rings (SSSR count). The van der Waals surface area contributed by atoms with Crippen molar-refractivity contribution in [2.75, 3.05) is 0 Å². The molecule has 0 unspecified atom stereocenters. The monoisotopic (exact) mass is 474 g/mol. The molecule has 0 amide bonds. The van der Waals surface area contributed by atoms with E-state index in [4.69, 9.17) is 0 Å². The lowest BCUT2D eigenvalue weighted by atomic mass is 9.99. The number of nitrogens with zero attached hydrogens (tertiary/aromatic N) is 4. The molecule has 0 atom stereocenters. The van der Waals surface area contributed by atoms with Crippen LogP contribution in [0.1, 0.15) is 5.56 Å². The number of hydrogen-bond donors (Lipinski definition) is 1. The molecule has 0 aliphatic heterocycles. The SMILES string of the molecule is O=[N+]([O-])c1ccc(N=Cc2cc(-c3nnccc3-c3ccccc3Br)ccc2O)cc1. The largest absolute Gasteiger partial charge is 0.507 e. The quantitative estimate of drug-likeness (QED) is 0.219. The fraction of sp³-hybridized carbons (Fsp3) is 0. The van der Waals surface area contributed by atoms with Crippen LogP contribution in [0.3, 0.4) is 0 Å². The molecule has 1 N–H and O–H groups in total. The normalized spacial score (nSPS) is 11.0. The van der Waals surface area contributed by atoms with E-state index >= 15 is 0 Å². The molecule has 7 nitrogen and oxygen atoms in total. The summed E-state index contributed by atoms with van der Waals surface area (Å²) in [4.78, 5) is 14.6. The highest BCUT2D eigenvalue weighted by molar-refractivity contribution is 9.10. The summed E-state index contributed by atoms with van der Waals surface area (Å²) >= 11 is 3.58. The Morgan fingerprint density at radius 3 is 2.52 bits per heavy atom. The van der Waals surface area contributed by atoms with E-state index in [2.05, 4.69) is 31.1 Å². The topological polar surface area (TPSA) is 102 Å². The zero-order valence-corrected chi connectivity index (χ0v) is 17.6. The molecule has 8 heteroatoms. The van der Waals surface area contributed by atoms with Gasteiger partial charge in [0.15, 0.2) is 0 Å². The lowest BCUT2D eigenvalue weighted by Crippen LogP contribution is -1.94. The highest BCUT2D eigenvalue weighted by atomic mass is 79.9. The van der Waals surface area contributed by atoms with Crippen molar-refractivity contribution in [3.63, 3.8) is 0 Å². The van der Waals surface area contributed by atoms with Gasteiger partial charge in [0.25, 0.3) is 5.69 Å². The van der Waals surface area contributed by atoms with E-state index in [1.165, 1.54) is 18.3 Å². The van der Waals surface area contributed by atoms with Crippen molar-refractivity contribution in [1.29, 1.82) is 0 Å². The summed E-state index contributed by atoms with van der Waals surface area (Å²) in [6, 6.07) is 20.7. The van der Waals surface area contributed by atoms with Crippen molar-refractivity contribution in [1.82, 2.24) is 10.2 Å². The van der Waals surface area contributed by atoms with Crippen LogP contribution in [0.25, 0.3) is 22.4 Å². The molecule has 0 bridgehead atoms. The predicted octanol–water partition coefficient (Wildman–Crippen LogP) is 5.94. The molecule has 0 spiro atoms. The number of phenols is 1. The minimum atomic E-state index is -0.466. The van der Waals surface area contributed by atoms with Crippen molar-refractivity contribution in [2.24, 2.45) is 4.99 Å². The standard InChI is InChI=1S/C23H15BrN4O3/c24-21-4-2-1-3-19(21)20-11-12-26-27-23(20)15-5-10-22(29)16(13-15)14-25-17-6-8-18(9-7-17)28(30)31/h1-14,29H. The summed E-state index contributed by atoms with van der Waals surface area (Å²) in [5.74, 6) is 0.0562. The second kappa shape index (κ2) is 8.85. The van der Waals surface area contributed by atoms with Crippen LogP contribution < -0.4 is 0 Å². The Balaban J connectivity index is 1.71. The van der Waals surface area contributed by atoms with Gasteiger partial charge in [-0.3, -0.25) is 15.1 Å². The summed E-state index contributed by atoms with van der Waals surface area (Å²) in [7, 11) is 0. The number of nitro groups is 1. The molecule has 0 aliphatic rings. The Labute approximate surface area is 186 Å². The molecular weight excluding hydrogens is 460 g/mol. The van der Waals surface area contributed by atoms with Crippen LogP contribution >= 0.6 is 15.9 Å². The number of non-ortho nitro benzene ring substituents is 1. The molecule has 0 saturated heterocycles. The first-order chi connectivity index (χ1) is 15.0. The first-order valence-electron chi connectivity index (χ1n) is 9.21. The first-order valence-corrected chi connectivity index (χ1v) is 10.0. The molecule has 0 aliphatic carbocycles. The van der Waals surface area contributed by atoms with Crippen LogP contribution in [0, 0.1) is 10.1 Å². The molecule has 31 heavy (non-hydrogen) atoms. The van der Waals surface area contributed by atoms with Gasteiger partial charge in [-0.15, -0.1) is 5.10 Å². The van der Waals surface area contributed by atoms with Crippen molar-refractivity contribution in [3.05, 3.63) is 99.1 Å². The Morgan fingerprint density at radius 2 is 1.77 bits per heavy atom. The Morgan fingerprint density at radius 1 is 1.00 bits per heavy atom. The number of nitro benzene ring substituents is 1. The van der Waals surface area contributed by atoms with E-state index in [0.29, 0.717) is 16.9 Å². The van der Waals surface area contributed by atoms with Gasteiger partial charge < -0.3 is 5.11 Å². The fourth-order valence-electron chi connectivity index (χ4n) is 3.05. The number of aromatic nitrogens is 2. The van der Waals surface area contributed by atoms with Gasteiger partial charge in [-0.25, -0.2) is 0 Å². The van der Waals surface area contributed by atoms with Gasteiger partial charge in [-0.2, -0.15) is 5.10 Å². The minimum absolute atomic E-state index is 0.00829. The second-order valence-corrected chi connectivity index (χ2v) is 7.43. The number of hydrogen-bond acceptors (Lipinski definition) is 6. The van der Waals surface area contributed by atoms with E-state index in [1.54, 1.807) is 36.5 Å². The van der Waals surface area contributed by atoms with Crippen LogP contribution in [0.15, 0.2) is 88.5 Å². The van der Waals surface area contributed by atoms with Crippen LogP contribution in [0.2, 0.25) is 0 Å². The summed E-state index contributed by atoms with van der Waals surface area (Å²) in [5.41, 5.74) is 4.31. The highest BCUT2D eigenvalue weighted by Gasteiger charge is 2.13. The van der Waals surface area contributed by atoms with E-state index in [0.717, 1.165) is 21.2 Å². The number of benzene rings is 3. The lowest BCUT2D eigenvalue weighted by molar-refractivity contribution is -0.384. The Bertz CT molecular complexity index is 1290. The van der Waals surface area contributed by atoms with Gasteiger partial charge in [-0.05, 0) is 48.0 Å². The van der Waals surface area contributed by atoms with Crippen molar-refractivity contribution < 1.29 is 10.0 Å². The maximum atomic E-state index is 10.8. The highest BCUT2D eigenvalue weighted by Crippen LogP contribution is 2.35. The zero-order chi connectivity index (χ0) is 21.8. The minimum Gasteiger partial charge on any atom is -0.507 e. The van der Waals surface area contributed by atoms with Crippen molar-refractivity contribution in [3.8, 4) is 28.1 Å². The van der Waals surface area contributed by atoms with Crippen LogP contribution in [0.5, 0.6) is 5.75 Å². The molecule has 0 fully saturated rings. The molecule has 1 aromatic heterocycles. The van der Waals surface area contributed by atoms with Crippen LogP contribution in [-0.2, 0) is 0 Å². The molecule has 0 saturated carbocycles. The van der Waals surface area contributed by atoms with Gasteiger partial charge in [0.2, 0.25) is 0 Å². The zero-order valence-electron chi connectivity index (χ0n) is 16.0. The molecule has 152 valence electrons. The summed E-state index contributed by atoms with van der Waals surface area (Å²) in [6.07, 6.45) is 3.14. The average molecular weight is 475 g/mol. The third-order valence-corrected chi connectivity index (χ3v) is 5.29. The predicted molar refractivity (Wildman–Crippen MR) is 123 cm³/mol. The summed E-state index contributed by atoms with van der Waals surface area (Å²) < 4.78 is 0.933. The molecule has 4 aromatic rings. The maximum absolute atomic E-state index is 10.8. The number of halogens is 1. The molecular formula is C23H15BrN4O3. The Kier molecular flexibility index (Phi) is 5.81. The smallest absolute Gasteiger partial charge is 0.269 e. The first kappa shape index (κ1) is 20.4. The number of aromatic hydroxyl groups is 1. The van der Waals surface area contributed by atoms with Crippen LogP contribution in [0.4, 0.5) is 11.4 Å². The fourth-order valence-corrected chi connectivity index (χ4v) is 3.55. The van der Waals surface area contributed by atoms with Gasteiger partial charge in [0.05, 0.1) is 16.8 Å². The van der Waals surface area contributed by atoms with Crippen molar-refractivity contribution >= 4 is 33.5 Å². The third kappa shape index (κ3) is 4.49. The summed E-state index contributed by atoms with van der Waals surface area (Å²) in [6.45, 7) is 0. The van der Waals surface area contributed by atoms with Crippen LogP contribution in [-0.4, -0.2) is 26.4 Å². The maximum Gasteiger partial charge on any atom is 0.269 e. The summed E-state index contributed by atoms with van der Waals surface area (Å²) in [5, 5.41) is 29.4. The van der Waals surface area contributed by atoms with E-state index in [1.807, 2.05) is 30.3 Å². The van der Waals surface area contributed by atoms with E-state index in [9.17, 15) is 15.2 Å². The van der Waals surface area contributed by atoms with E-state index < -0.39 is 4.92 Å². The lowest BCUT2D eigenvalue weighted by Gasteiger charge is -2.11. The number of aliphatic imine (C=N–C) groups is 1. The number of phenolic OH excluding ortho intramolecular Hbond substituents is 1. The average Bonchev–Trinajstić information content (AvgIpc) is 2.79.